The van der Waals surface area contributed by atoms with Crippen LogP contribution in [0.2, 0.25) is 0 Å². The van der Waals surface area contributed by atoms with E-state index in [0.717, 1.165) is 110 Å². The quantitative estimate of drug-likeness (QED) is 0.0168. The van der Waals surface area contributed by atoms with Crippen molar-refractivity contribution in [3.63, 3.8) is 0 Å². The van der Waals surface area contributed by atoms with Crippen molar-refractivity contribution in [2.24, 2.45) is 10.4 Å². The van der Waals surface area contributed by atoms with Crippen LogP contribution in [-0.4, -0.2) is 136 Å². The molecule has 0 aromatic carbocycles. The summed E-state index contributed by atoms with van der Waals surface area (Å²) in [5, 5.41) is 14.6. The molecule has 1 aliphatic heterocycles. The lowest BCUT2D eigenvalue weighted by atomic mass is 9.88. The number of amides is 4. The molecule has 0 atom stereocenters. The van der Waals surface area contributed by atoms with E-state index in [1.807, 2.05) is 18.9 Å². The van der Waals surface area contributed by atoms with E-state index < -0.39 is 23.7 Å². The van der Waals surface area contributed by atoms with Crippen molar-refractivity contribution in [1.82, 2.24) is 31.5 Å². The lowest BCUT2D eigenvalue weighted by molar-refractivity contribution is -0.129. The first-order valence-electron chi connectivity index (χ1n) is 20.6. The van der Waals surface area contributed by atoms with Gasteiger partial charge in [0.25, 0.3) is 0 Å². The lowest BCUT2D eigenvalue weighted by Gasteiger charge is -2.31. The van der Waals surface area contributed by atoms with Crippen LogP contribution in [-0.2, 0) is 33.3 Å². The van der Waals surface area contributed by atoms with E-state index >= 15 is 0 Å². The Kier molecular flexibility index (Phi) is 43.7. The predicted octanol–water partition coefficient (Wildman–Crippen LogP) is 6.26. The summed E-state index contributed by atoms with van der Waals surface area (Å²) in [5.74, 6) is 0.313. The number of carbonyl (C=O) groups excluding carboxylic acids is 5. The van der Waals surface area contributed by atoms with E-state index in [4.69, 9.17) is 23.7 Å². The summed E-state index contributed by atoms with van der Waals surface area (Å²) in [5.41, 5.74) is -0.921. The highest BCUT2D eigenvalue weighted by Gasteiger charge is 2.34. The molecule has 1 saturated heterocycles. The van der Waals surface area contributed by atoms with Gasteiger partial charge in [0, 0.05) is 53.9 Å². The summed E-state index contributed by atoms with van der Waals surface area (Å²) in [7, 11) is 5.18. The van der Waals surface area contributed by atoms with E-state index in [0.29, 0.717) is 52.0 Å². The van der Waals surface area contributed by atoms with E-state index in [1.54, 1.807) is 14.2 Å². The number of aliphatic imine (C=N–C) groups is 1. The summed E-state index contributed by atoms with van der Waals surface area (Å²) in [4.78, 5) is 63.7. The highest BCUT2D eigenvalue weighted by Crippen LogP contribution is 2.24. The van der Waals surface area contributed by atoms with E-state index in [1.165, 1.54) is 18.9 Å². The van der Waals surface area contributed by atoms with Crippen LogP contribution >= 0.6 is 0 Å². The fourth-order valence-corrected chi connectivity index (χ4v) is 5.45. The molecule has 0 spiro atoms. The second-order valence-corrected chi connectivity index (χ2v) is 14.1. The zero-order chi connectivity index (χ0) is 41.4. The van der Waals surface area contributed by atoms with Gasteiger partial charge in [-0.1, -0.05) is 66.7 Å². The number of carbonyl (C=O) groups is 4. The van der Waals surface area contributed by atoms with Gasteiger partial charge in [-0.05, 0) is 70.9 Å². The molecule has 0 bridgehead atoms. The number of nitrogens with one attached hydrogen (secondary N) is 5. The molecule has 1 fully saturated rings. The second-order valence-electron chi connectivity index (χ2n) is 14.1. The predicted molar refractivity (Wildman–Crippen MR) is 228 cm³/mol. The van der Waals surface area contributed by atoms with Gasteiger partial charge in [0.05, 0.1) is 25.4 Å². The molecular formula is C41H83N7O10. The molecule has 0 saturated carbocycles. The van der Waals surface area contributed by atoms with Gasteiger partial charge in [-0.3, -0.25) is 15.4 Å². The average Bonchev–Trinajstić information content (AvgIpc) is 3.39. The smallest absolute Gasteiger partial charge is 0.407 e. The fraction of sp³-hybridized carbons (Fsp3) is 0.878. The highest BCUT2D eigenvalue weighted by atomic mass is 16.6. The number of rotatable bonds is 32. The average molecular weight is 834 g/mol. The van der Waals surface area contributed by atoms with Crippen molar-refractivity contribution >= 4 is 30.3 Å². The van der Waals surface area contributed by atoms with Gasteiger partial charge >= 0.3 is 18.3 Å². The van der Waals surface area contributed by atoms with Crippen LogP contribution in [0.25, 0.3) is 0 Å². The molecule has 4 amide bonds. The van der Waals surface area contributed by atoms with Crippen LogP contribution < -0.4 is 26.6 Å². The Bertz CT molecular complexity index is 1010. The number of nitrogens with zero attached hydrogens (tertiary/aromatic N) is 2. The summed E-state index contributed by atoms with van der Waals surface area (Å²) in [6, 6.07) is 0. The minimum atomic E-state index is -0.921. The van der Waals surface area contributed by atoms with Crippen molar-refractivity contribution in [2.75, 3.05) is 100 Å². The molecule has 17 heteroatoms. The molecule has 1 rings (SSSR count). The number of methoxy groups -OCH3 is 2. The molecule has 58 heavy (non-hydrogen) atoms. The van der Waals surface area contributed by atoms with Gasteiger partial charge in [-0.25, -0.2) is 24.2 Å². The summed E-state index contributed by atoms with van der Waals surface area (Å²) < 4.78 is 26.4. The van der Waals surface area contributed by atoms with Gasteiger partial charge in [0.2, 0.25) is 12.0 Å². The zero-order valence-corrected chi connectivity index (χ0v) is 35.0. The fourth-order valence-electron chi connectivity index (χ4n) is 5.45. The summed E-state index contributed by atoms with van der Waals surface area (Å²) in [6.45, 7) is 7.22. The Morgan fingerprint density at radius 3 is 1.47 bits per heavy atom. The van der Waals surface area contributed by atoms with Crippen molar-refractivity contribution in [3.05, 3.63) is 0 Å². The molecule has 5 N–H and O–H groups in total. The van der Waals surface area contributed by atoms with Crippen LogP contribution in [0.3, 0.4) is 0 Å². The Balaban J connectivity index is -0.00000240. The third kappa shape index (κ3) is 36.8. The molecule has 0 aliphatic carbocycles. The molecule has 0 radical (unpaired) electrons. The number of alkyl carbamates (subject to hydrolysis) is 3. The van der Waals surface area contributed by atoms with Crippen LogP contribution in [0.1, 0.15) is 131 Å². The van der Waals surface area contributed by atoms with Crippen molar-refractivity contribution in [3.8, 4) is 0 Å². The number of hydrogen-bond acceptors (Lipinski definition) is 13. The summed E-state index contributed by atoms with van der Waals surface area (Å²) in [6.07, 6.45) is 15.5. The minimum absolute atomic E-state index is 0. The third-order valence-corrected chi connectivity index (χ3v) is 9.21. The van der Waals surface area contributed by atoms with Crippen molar-refractivity contribution in [2.45, 2.75) is 131 Å². The molecule has 1 aliphatic rings. The van der Waals surface area contributed by atoms with Gasteiger partial charge in [-0.2, -0.15) is 0 Å². The van der Waals surface area contributed by atoms with Crippen LogP contribution in [0.4, 0.5) is 14.4 Å². The maximum Gasteiger partial charge on any atom is 0.407 e. The standard InChI is InChI=1S/C32H62N6O9.C7H13NO.2CH4/c1-4-32(23-45-29(40)36-20-14-8-5-11-17-33-26-39,24-46-30(41)37-21-15-9-6-12-18-34-27-43-2)25-47-31(42)38-22-16-10-7-13-19-35-28-44-3;1-8-6-4-2-3-5-7(8)9;;/h34-35H,4-25,27-28H2,1-3H3,(H,36,40)(H,37,41)(H,38,42);2-6H2,1H3;2*1H4. The number of hydrogen-bond donors (Lipinski definition) is 5. The van der Waals surface area contributed by atoms with Gasteiger partial charge in [-0.15, -0.1) is 0 Å². The maximum atomic E-state index is 12.4. The normalized spacial score (nSPS) is 12.3. The van der Waals surface area contributed by atoms with E-state index in [2.05, 4.69) is 31.6 Å². The van der Waals surface area contributed by atoms with Crippen LogP contribution in [0, 0.1) is 5.41 Å². The third-order valence-electron chi connectivity index (χ3n) is 9.21. The first-order chi connectivity index (χ1) is 27.2. The Morgan fingerprint density at radius 1 is 0.655 bits per heavy atom. The minimum Gasteiger partial charge on any atom is -0.449 e. The monoisotopic (exact) mass is 834 g/mol. The first-order valence-corrected chi connectivity index (χ1v) is 20.6. The number of unbranched alkanes of at least 4 members (excludes halogenated alkanes) is 9. The molecule has 342 valence electrons. The molecular weight excluding hydrogens is 750 g/mol. The molecule has 17 nitrogen and oxygen atoms in total. The van der Waals surface area contributed by atoms with Crippen LogP contribution in [0.15, 0.2) is 4.99 Å². The number of likely N-dealkylation sites (tertiary alicyclic amines) is 1. The second kappa shape index (κ2) is 43.1. The van der Waals surface area contributed by atoms with Gasteiger partial charge in [0.1, 0.15) is 19.8 Å². The lowest BCUT2D eigenvalue weighted by Crippen LogP contribution is -2.42. The van der Waals surface area contributed by atoms with Gasteiger partial charge < -0.3 is 44.5 Å². The van der Waals surface area contributed by atoms with Crippen molar-refractivity contribution < 1.29 is 47.7 Å². The number of ether oxygens (including phenoxy) is 5. The van der Waals surface area contributed by atoms with Crippen molar-refractivity contribution in [1.29, 1.82) is 0 Å². The molecule has 0 unspecified atom stereocenters. The maximum absolute atomic E-state index is 12.4. The topological polar surface area (TPSA) is 207 Å². The number of isocyanates is 1. The Hall–Kier alpha value is -3.50. The zero-order valence-electron chi connectivity index (χ0n) is 35.0. The SMILES string of the molecule is C.C.CCC(COC(=O)NCCCCCCN=C=O)(COC(=O)NCCCCCCNCOC)COC(=O)NCCCCCCNCOC.CN1CCCCCC1=O. The molecule has 0 aromatic heterocycles. The van der Waals surface area contributed by atoms with E-state index in [-0.39, 0.29) is 34.7 Å². The largest absolute Gasteiger partial charge is 0.449 e. The first kappa shape index (κ1) is 58.8. The molecule has 1 heterocycles. The summed E-state index contributed by atoms with van der Waals surface area (Å²) >= 11 is 0. The van der Waals surface area contributed by atoms with Gasteiger partial charge in [0.15, 0.2) is 0 Å². The Labute approximate surface area is 350 Å². The molecule has 0 aromatic rings. The highest BCUT2D eigenvalue weighted by molar-refractivity contribution is 5.76. The van der Waals surface area contributed by atoms with Crippen LogP contribution in [0.5, 0.6) is 0 Å². The van der Waals surface area contributed by atoms with E-state index in [9.17, 15) is 24.0 Å². The Morgan fingerprint density at radius 2 is 1.07 bits per heavy atom.